The molecule has 0 saturated carbocycles. The second kappa shape index (κ2) is 9.76. The SMILES string of the molecule is COc1cccc(CC2CCCN2C(=O)c2sc(NC(=O)c3ccccc3Cl)cc2C)c1. The molecule has 0 aliphatic carbocycles. The number of likely N-dealkylation sites (tertiary alicyclic amines) is 1. The van der Waals surface area contributed by atoms with Crippen LogP contribution >= 0.6 is 22.9 Å². The van der Waals surface area contributed by atoms with Crippen LogP contribution in [0.5, 0.6) is 5.75 Å². The van der Waals surface area contributed by atoms with E-state index in [1.54, 1.807) is 31.4 Å². The van der Waals surface area contributed by atoms with E-state index in [1.807, 2.05) is 36.1 Å². The number of nitrogens with one attached hydrogen (secondary N) is 1. The van der Waals surface area contributed by atoms with Gasteiger partial charge in [0.1, 0.15) is 5.75 Å². The first-order valence-electron chi connectivity index (χ1n) is 10.6. The van der Waals surface area contributed by atoms with Crippen LogP contribution in [0, 0.1) is 6.92 Å². The van der Waals surface area contributed by atoms with Gasteiger partial charge >= 0.3 is 0 Å². The third-order valence-corrected chi connectivity index (χ3v) is 7.18. The topological polar surface area (TPSA) is 58.6 Å². The Kier molecular flexibility index (Phi) is 6.82. The van der Waals surface area contributed by atoms with E-state index in [1.165, 1.54) is 11.3 Å². The number of carbonyl (C=O) groups is 2. The lowest BCUT2D eigenvalue weighted by molar-refractivity contribution is 0.0740. The first-order chi connectivity index (χ1) is 15.5. The van der Waals surface area contributed by atoms with E-state index in [-0.39, 0.29) is 17.9 Å². The molecule has 0 bridgehead atoms. The number of halogens is 1. The third kappa shape index (κ3) is 4.81. The number of amides is 2. The fourth-order valence-corrected chi connectivity index (χ4v) is 5.34. The molecule has 1 aliphatic rings. The Morgan fingerprint density at radius 3 is 2.78 bits per heavy atom. The lowest BCUT2D eigenvalue weighted by Crippen LogP contribution is -2.36. The number of carbonyl (C=O) groups excluding carboxylic acids is 2. The molecule has 5 nitrogen and oxygen atoms in total. The molecule has 1 saturated heterocycles. The summed E-state index contributed by atoms with van der Waals surface area (Å²) in [5, 5.41) is 3.91. The Bertz CT molecular complexity index is 1140. The second-order valence-corrected chi connectivity index (χ2v) is 9.37. The van der Waals surface area contributed by atoms with Gasteiger partial charge in [0.25, 0.3) is 11.8 Å². The highest BCUT2D eigenvalue weighted by molar-refractivity contribution is 7.18. The predicted molar refractivity (Wildman–Crippen MR) is 129 cm³/mol. The maximum absolute atomic E-state index is 13.4. The minimum atomic E-state index is -0.284. The lowest BCUT2D eigenvalue weighted by Gasteiger charge is -2.25. The molecule has 0 spiro atoms. The summed E-state index contributed by atoms with van der Waals surface area (Å²) in [4.78, 5) is 28.6. The average molecular weight is 469 g/mol. The van der Waals surface area contributed by atoms with E-state index in [0.717, 1.165) is 42.7 Å². The molecule has 1 aromatic heterocycles. The molecule has 1 atom stereocenters. The highest BCUT2D eigenvalue weighted by Gasteiger charge is 2.31. The second-order valence-electron chi connectivity index (χ2n) is 7.91. The van der Waals surface area contributed by atoms with Crippen molar-refractivity contribution in [1.82, 2.24) is 4.90 Å². The Labute approximate surface area is 197 Å². The number of nitrogens with zero attached hydrogens (tertiary/aromatic N) is 1. The zero-order valence-electron chi connectivity index (χ0n) is 18.1. The largest absolute Gasteiger partial charge is 0.497 e. The van der Waals surface area contributed by atoms with Crippen molar-refractivity contribution in [3.05, 3.63) is 81.2 Å². The van der Waals surface area contributed by atoms with Crippen LogP contribution in [-0.4, -0.2) is 36.4 Å². The average Bonchev–Trinajstić information content (AvgIpc) is 3.39. The number of benzene rings is 2. The van der Waals surface area contributed by atoms with Crippen molar-refractivity contribution in [3.8, 4) is 5.75 Å². The molecule has 1 unspecified atom stereocenters. The highest BCUT2D eigenvalue weighted by Crippen LogP contribution is 2.32. The lowest BCUT2D eigenvalue weighted by atomic mass is 10.0. The Morgan fingerprint density at radius 2 is 2.00 bits per heavy atom. The van der Waals surface area contributed by atoms with Crippen molar-refractivity contribution in [1.29, 1.82) is 0 Å². The summed E-state index contributed by atoms with van der Waals surface area (Å²) < 4.78 is 5.33. The molecule has 0 radical (unpaired) electrons. The quantitative estimate of drug-likeness (QED) is 0.496. The fourth-order valence-electron chi connectivity index (χ4n) is 4.10. The molecule has 1 fully saturated rings. The maximum Gasteiger partial charge on any atom is 0.264 e. The van der Waals surface area contributed by atoms with Gasteiger partial charge in [-0.2, -0.15) is 0 Å². The molecule has 7 heteroatoms. The minimum Gasteiger partial charge on any atom is -0.497 e. The van der Waals surface area contributed by atoms with Crippen molar-refractivity contribution in [2.24, 2.45) is 0 Å². The van der Waals surface area contributed by atoms with Crippen LogP contribution in [0.15, 0.2) is 54.6 Å². The van der Waals surface area contributed by atoms with Gasteiger partial charge in [-0.05, 0) is 67.6 Å². The van der Waals surface area contributed by atoms with Crippen molar-refractivity contribution in [2.75, 3.05) is 19.0 Å². The zero-order valence-corrected chi connectivity index (χ0v) is 19.6. The Hall–Kier alpha value is -2.83. The van der Waals surface area contributed by atoms with Gasteiger partial charge in [-0.15, -0.1) is 11.3 Å². The summed E-state index contributed by atoms with van der Waals surface area (Å²) in [6, 6.07) is 16.9. The summed E-state index contributed by atoms with van der Waals surface area (Å²) in [5.74, 6) is 0.565. The standard InChI is InChI=1S/C25H25ClN2O3S/c1-16-13-22(27-24(29)20-10-3-4-11-21(20)26)32-23(16)25(30)28-12-6-8-18(28)14-17-7-5-9-19(15-17)31-2/h3-5,7,9-11,13,15,18H,6,8,12,14H2,1-2H3,(H,27,29). The minimum absolute atomic E-state index is 0.0242. The van der Waals surface area contributed by atoms with Crippen LogP contribution < -0.4 is 10.1 Å². The molecule has 2 amide bonds. The smallest absolute Gasteiger partial charge is 0.264 e. The van der Waals surface area contributed by atoms with Crippen molar-refractivity contribution in [3.63, 3.8) is 0 Å². The number of hydrogen-bond acceptors (Lipinski definition) is 4. The number of aryl methyl sites for hydroxylation is 1. The summed E-state index contributed by atoms with van der Waals surface area (Å²) >= 11 is 7.45. The third-order valence-electron chi connectivity index (χ3n) is 5.71. The molecule has 4 rings (SSSR count). The molecular weight excluding hydrogens is 444 g/mol. The van der Waals surface area contributed by atoms with Crippen molar-refractivity contribution < 1.29 is 14.3 Å². The van der Waals surface area contributed by atoms with Crippen LogP contribution in [0.4, 0.5) is 5.00 Å². The zero-order chi connectivity index (χ0) is 22.7. The van der Waals surface area contributed by atoms with Gasteiger partial charge in [0.05, 0.1) is 27.6 Å². The summed E-state index contributed by atoms with van der Waals surface area (Å²) in [7, 11) is 1.66. The number of ether oxygens (including phenoxy) is 1. The molecule has 1 N–H and O–H groups in total. The molecule has 2 heterocycles. The predicted octanol–water partition coefficient (Wildman–Crippen LogP) is 5.82. The van der Waals surface area contributed by atoms with Gasteiger partial charge in [-0.25, -0.2) is 0 Å². The van der Waals surface area contributed by atoms with Crippen molar-refractivity contribution >= 4 is 39.8 Å². The number of hydrogen-bond donors (Lipinski definition) is 1. The fraction of sp³-hybridized carbons (Fsp3) is 0.280. The van der Waals surface area contributed by atoms with Gasteiger partial charge in [-0.1, -0.05) is 35.9 Å². The summed E-state index contributed by atoms with van der Waals surface area (Å²) in [6.07, 6.45) is 2.76. The van der Waals surface area contributed by atoms with Gasteiger partial charge in [-0.3, -0.25) is 9.59 Å². The van der Waals surface area contributed by atoms with Gasteiger partial charge in [0, 0.05) is 12.6 Å². The number of methoxy groups -OCH3 is 1. The van der Waals surface area contributed by atoms with Gasteiger partial charge < -0.3 is 15.0 Å². The van der Waals surface area contributed by atoms with Gasteiger partial charge in [0.2, 0.25) is 0 Å². The van der Waals surface area contributed by atoms with E-state index in [9.17, 15) is 9.59 Å². The molecule has 2 aromatic carbocycles. The van der Waals surface area contributed by atoms with Crippen LogP contribution in [-0.2, 0) is 6.42 Å². The van der Waals surface area contributed by atoms with E-state index < -0.39 is 0 Å². The molecular formula is C25H25ClN2O3S. The van der Waals surface area contributed by atoms with E-state index in [2.05, 4.69) is 11.4 Å². The summed E-state index contributed by atoms with van der Waals surface area (Å²) in [6.45, 7) is 2.65. The Morgan fingerprint density at radius 1 is 1.19 bits per heavy atom. The maximum atomic E-state index is 13.4. The van der Waals surface area contributed by atoms with Crippen LogP contribution in [0.25, 0.3) is 0 Å². The first-order valence-corrected chi connectivity index (χ1v) is 11.8. The first kappa shape index (κ1) is 22.4. The molecule has 1 aliphatic heterocycles. The van der Waals surface area contributed by atoms with Gasteiger partial charge in [0.15, 0.2) is 0 Å². The van der Waals surface area contributed by atoms with E-state index >= 15 is 0 Å². The highest BCUT2D eigenvalue weighted by atomic mass is 35.5. The van der Waals surface area contributed by atoms with E-state index in [0.29, 0.717) is 20.5 Å². The normalized spacial score (nSPS) is 15.6. The van der Waals surface area contributed by atoms with Crippen LogP contribution in [0.1, 0.15) is 44.0 Å². The molecule has 32 heavy (non-hydrogen) atoms. The number of rotatable bonds is 6. The van der Waals surface area contributed by atoms with E-state index in [4.69, 9.17) is 16.3 Å². The number of anilines is 1. The van der Waals surface area contributed by atoms with Crippen LogP contribution in [0.2, 0.25) is 5.02 Å². The Balaban J connectivity index is 1.48. The van der Waals surface area contributed by atoms with Crippen LogP contribution in [0.3, 0.4) is 0 Å². The molecule has 166 valence electrons. The number of thiophene rings is 1. The molecule has 3 aromatic rings. The summed E-state index contributed by atoms with van der Waals surface area (Å²) in [5.41, 5.74) is 2.43. The van der Waals surface area contributed by atoms with Crippen molar-refractivity contribution in [2.45, 2.75) is 32.2 Å². The monoisotopic (exact) mass is 468 g/mol.